The van der Waals surface area contributed by atoms with Crippen LogP contribution in [-0.2, 0) is 38.1 Å². The van der Waals surface area contributed by atoms with Crippen LogP contribution in [0.3, 0.4) is 0 Å². The second-order valence-electron chi connectivity index (χ2n) is 15.4. The summed E-state index contributed by atoms with van der Waals surface area (Å²) in [6, 6.07) is 0. The van der Waals surface area contributed by atoms with Crippen molar-refractivity contribution in [3.05, 3.63) is 6.42 Å². The first-order valence-corrected chi connectivity index (χ1v) is 17.7. The Morgan fingerprint density at radius 2 is 0.628 bits per heavy atom. The van der Waals surface area contributed by atoms with Gasteiger partial charge in [0.2, 0.25) is 0 Å². The van der Waals surface area contributed by atoms with Gasteiger partial charge in [0.05, 0.1) is 43.2 Å². The van der Waals surface area contributed by atoms with E-state index in [4.69, 9.17) is 0 Å². The molecule has 8 bridgehead atoms. The summed E-state index contributed by atoms with van der Waals surface area (Å²) < 4.78 is 0. The van der Waals surface area contributed by atoms with E-state index in [-0.39, 0.29) is 69.1 Å². The minimum atomic E-state index is 0. The van der Waals surface area contributed by atoms with Crippen LogP contribution in [0.15, 0.2) is 0 Å². The van der Waals surface area contributed by atoms with Crippen LogP contribution in [0.4, 0.5) is 0 Å². The van der Waals surface area contributed by atoms with Gasteiger partial charge < -0.3 is 7.85 Å². The average Bonchev–Trinajstić information content (AvgIpc) is 3.73. The van der Waals surface area contributed by atoms with E-state index in [1.165, 1.54) is 96.3 Å². The van der Waals surface area contributed by atoms with Crippen molar-refractivity contribution in [3.63, 3.8) is 0 Å². The zero-order chi connectivity index (χ0) is 26.2. The van der Waals surface area contributed by atoms with Gasteiger partial charge in [0, 0.05) is 44.3 Å². The summed E-state index contributed by atoms with van der Waals surface area (Å²) in [4.78, 5) is 0. The fourth-order valence-corrected chi connectivity index (χ4v) is 11.7. The number of hydrogen-bond donors (Lipinski definition) is 8. The number of hydrogen-bond acceptors (Lipinski definition) is 8. The summed E-state index contributed by atoms with van der Waals surface area (Å²) in [5, 5.41) is 33.7. The van der Waals surface area contributed by atoms with E-state index < -0.39 is 0 Å². The molecule has 4 aliphatic carbocycles. The van der Waals surface area contributed by atoms with E-state index in [9.17, 15) is 0 Å². The molecule has 16 atom stereocenters. The molecule has 4 saturated carbocycles. The minimum absolute atomic E-state index is 0. The Kier molecular flexibility index (Phi) is 11.9. The molecule has 9 rings (SSSR count). The standard InChI is InChI=1S/C32H55N8.Cu.Mo.Na.H/c1-2-10-18-17(9-1)25-33-26(18)38-28-21-13-5-6-14-22(21)30(35-28)40-32-24-16-8-7-15-23(24)31(36-32)39-29-20-12-4-3-11-19(20)27(34-29)37-25;;;;/h9,17-40H,1-8,10-16H2;;;;/q-1;;;+1;-1. The van der Waals surface area contributed by atoms with Gasteiger partial charge in [-0.3, -0.25) is 42.5 Å². The van der Waals surface area contributed by atoms with Crippen LogP contribution >= 0.6 is 0 Å². The molecule has 9 fully saturated rings. The molecule has 9 aliphatic rings. The van der Waals surface area contributed by atoms with Crippen molar-refractivity contribution in [2.75, 3.05) is 0 Å². The van der Waals surface area contributed by atoms with Gasteiger partial charge in [-0.15, -0.1) is 5.92 Å². The predicted molar refractivity (Wildman–Crippen MR) is 158 cm³/mol. The first kappa shape index (κ1) is 34.7. The largest absolute Gasteiger partial charge is 1.00 e. The SMILES string of the molecule is [CH-]1CCCC2C3NC(NC4NC(NC5NC(NC6NC(N3)C3CCCCC63)C3CCCCC53)C3CCCCC43)C12.[Cu].[H-].[Mo].[Na+]. The minimum Gasteiger partial charge on any atom is -1.00 e. The molecule has 43 heavy (non-hydrogen) atoms. The first-order valence-electron chi connectivity index (χ1n) is 17.7. The molecule has 0 amide bonds. The summed E-state index contributed by atoms with van der Waals surface area (Å²) in [7, 11) is 0. The monoisotopic (exact) mass is 736 g/mol. The molecule has 0 aromatic carbocycles. The number of nitrogens with one attached hydrogen (secondary N) is 8. The molecule has 8 nitrogen and oxygen atoms in total. The molecule has 0 aromatic heterocycles. The normalized spacial score (nSPS) is 53.6. The maximum atomic E-state index is 4.25. The van der Waals surface area contributed by atoms with Crippen LogP contribution < -0.4 is 72.1 Å². The van der Waals surface area contributed by atoms with Crippen LogP contribution in [-0.4, -0.2) is 49.3 Å². The molecule has 5 aliphatic heterocycles. The molecule has 0 aromatic rings. The fourth-order valence-electron chi connectivity index (χ4n) is 11.7. The van der Waals surface area contributed by atoms with E-state index in [2.05, 4.69) is 49.0 Å². The molecular weight excluding hydrogens is 679 g/mol. The molecule has 11 heteroatoms. The molecule has 243 valence electrons. The molecule has 16 unspecified atom stereocenters. The summed E-state index contributed by atoms with van der Waals surface area (Å²) in [5.74, 6) is 5.74. The Balaban J connectivity index is 0.000000960. The quantitative estimate of drug-likeness (QED) is 0.125. The van der Waals surface area contributed by atoms with Crippen molar-refractivity contribution in [1.29, 1.82) is 0 Å². The smallest absolute Gasteiger partial charge is 1.00 e. The van der Waals surface area contributed by atoms with Crippen LogP contribution in [0.5, 0.6) is 0 Å². The van der Waals surface area contributed by atoms with Crippen molar-refractivity contribution < 1.29 is 69.1 Å². The Labute approximate surface area is 308 Å². The summed E-state index contributed by atoms with van der Waals surface area (Å²) in [6.07, 6.45) is 26.4. The molecule has 1 radical (unpaired) electrons. The maximum absolute atomic E-state index is 4.25. The van der Waals surface area contributed by atoms with Gasteiger partial charge in [0.1, 0.15) is 0 Å². The van der Waals surface area contributed by atoms with Gasteiger partial charge in [-0.25, -0.2) is 0 Å². The second kappa shape index (κ2) is 14.8. The van der Waals surface area contributed by atoms with Gasteiger partial charge >= 0.3 is 29.6 Å². The van der Waals surface area contributed by atoms with E-state index in [0.29, 0.717) is 61.2 Å². The van der Waals surface area contributed by atoms with Crippen molar-refractivity contribution in [2.24, 2.45) is 47.3 Å². The summed E-state index contributed by atoms with van der Waals surface area (Å²) >= 11 is 0. The maximum Gasteiger partial charge on any atom is 1.00 e. The van der Waals surface area contributed by atoms with Crippen molar-refractivity contribution in [3.8, 4) is 0 Å². The van der Waals surface area contributed by atoms with Crippen molar-refractivity contribution >= 4 is 0 Å². The van der Waals surface area contributed by atoms with Crippen LogP contribution in [0.2, 0.25) is 0 Å². The number of fused-ring (bicyclic) bond motifs is 20. The number of rotatable bonds is 0. The Hall–Kier alpha value is 1.89. The van der Waals surface area contributed by atoms with E-state index in [1.807, 2.05) is 0 Å². The zero-order valence-corrected chi connectivity index (χ0v) is 31.1. The van der Waals surface area contributed by atoms with Crippen LogP contribution in [0.1, 0.15) is 97.7 Å². The van der Waals surface area contributed by atoms with E-state index in [0.717, 1.165) is 35.5 Å². The topological polar surface area (TPSA) is 96.2 Å². The Morgan fingerprint density at radius 3 is 0.953 bits per heavy atom. The average molecular weight is 735 g/mol. The van der Waals surface area contributed by atoms with Gasteiger partial charge in [0.25, 0.3) is 0 Å². The van der Waals surface area contributed by atoms with Crippen molar-refractivity contribution in [1.82, 2.24) is 42.5 Å². The third-order valence-electron chi connectivity index (χ3n) is 13.6. The van der Waals surface area contributed by atoms with Crippen LogP contribution in [0.25, 0.3) is 0 Å². The molecule has 0 spiro atoms. The third kappa shape index (κ3) is 6.38. The third-order valence-corrected chi connectivity index (χ3v) is 13.6. The van der Waals surface area contributed by atoms with Gasteiger partial charge in [-0.05, 0) is 80.0 Å². The summed E-state index contributed by atoms with van der Waals surface area (Å²) in [5.41, 5.74) is 0. The van der Waals surface area contributed by atoms with E-state index >= 15 is 0 Å². The van der Waals surface area contributed by atoms with Crippen molar-refractivity contribution in [2.45, 2.75) is 146 Å². The molecule has 5 saturated heterocycles. The fraction of sp³-hybridized carbons (Fsp3) is 0.969. The van der Waals surface area contributed by atoms with Crippen LogP contribution in [0, 0.1) is 53.8 Å². The Bertz CT molecular complexity index is 737. The molecular formula is C32H56CuMoN8Na-. The predicted octanol–water partition coefficient (Wildman–Crippen LogP) is -0.469. The van der Waals surface area contributed by atoms with Gasteiger partial charge in [0.15, 0.2) is 0 Å². The molecule has 5 heterocycles. The van der Waals surface area contributed by atoms with Gasteiger partial charge in [-0.1, -0.05) is 51.4 Å². The first-order chi connectivity index (χ1) is 19.8. The summed E-state index contributed by atoms with van der Waals surface area (Å²) in [6.45, 7) is 0. The van der Waals surface area contributed by atoms with Gasteiger partial charge in [-0.2, -0.15) is 6.42 Å². The molecule has 8 N–H and O–H groups in total. The van der Waals surface area contributed by atoms with E-state index in [1.54, 1.807) is 0 Å². The second-order valence-corrected chi connectivity index (χ2v) is 15.4. The Morgan fingerprint density at radius 1 is 0.372 bits per heavy atom. The zero-order valence-electron chi connectivity index (χ0n) is 27.1.